The summed E-state index contributed by atoms with van der Waals surface area (Å²) < 4.78 is 0. The molecule has 0 aliphatic heterocycles. The number of hydrogen-bond donors (Lipinski definition) is 2. The Bertz CT molecular complexity index is 125. The van der Waals surface area contributed by atoms with Crippen molar-refractivity contribution in [3.8, 4) is 0 Å². The van der Waals surface area contributed by atoms with Crippen LogP contribution in [0.15, 0.2) is 6.08 Å². The van der Waals surface area contributed by atoms with Crippen molar-refractivity contribution in [2.75, 3.05) is 0 Å². The summed E-state index contributed by atoms with van der Waals surface area (Å²) >= 11 is 0. The van der Waals surface area contributed by atoms with Gasteiger partial charge in [0.05, 0.1) is 12.2 Å². The maximum Gasteiger partial charge on any atom is 0.120 e. The van der Waals surface area contributed by atoms with E-state index in [0.29, 0.717) is 6.42 Å². The molecule has 0 aromatic carbocycles. The highest BCUT2D eigenvalue weighted by Crippen LogP contribution is 2.01. The van der Waals surface area contributed by atoms with Gasteiger partial charge >= 0.3 is 0 Å². The third-order valence-corrected chi connectivity index (χ3v) is 1.09. The Kier molecular flexibility index (Phi) is 4.85. The zero-order valence-electron chi connectivity index (χ0n) is 5.95. The molecule has 3 heteroatoms. The zero-order valence-corrected chi connectivity index (χ0v) is 5.95. The second kappa shape index (κ2) is 5.18. The third-order valence-electron chi connectivity index (χ3n) is 1.09. The van der Waals surface area contributed by atoms with Gasteiger partial charge in [0.25, 0.3) is 0 Å². The molecule has 3 nitrogen and oxygen atoms in total. The van der Waals surface area contributed by atoms with Crippen LogP contribution in [0, 0.1) is 0 Å². The van der Waals surface area contributed by atoms with E-state index in [4.69, 9.17) is 10.2 Å². The zero-order chi connectivity index (χ0) is 7.98. The summed E-state index contributed by atoms with van der Waals surface area (Å²) in [5.41, 5.74) is 0. The molecule has 2 atom stereocenters. The van der Waals surface area contributed by atoms with Crippen molar-refractivity contribution < 1.29 is 15.0 Å². The van der Waals surface area contributed by atoms with Crippen molar-refractivity contribution in [2.24, 2.45) is 0 Å². The van der Waals surface area contributed by atoms with Crippen LogP contribution in [0.2, 0.25) is 0 Å². The first-order valence-corrected chi connectivity index (χ1v) is 3.22. The molecule has 0 saturated heterocycles. The molecule has 0 aliphatic carbocycles. The molecule has 0 fully saturated rings. The van der Waals surface area contributed by atoms with Crippen molar-refractivity contribution in [3.05, 3.63) is 6.08 Å². The molecule has 0 spiro atoms. The second-order valence-corrected chi connectivity index (χ2v) is 2.30. The van der Waals surface area contributed by atoms with Gasteiger partial charge in [0.2, 0.25) is 0 Å². The minimum atomic E-state index is -0.624. The Labute approximate surface area is 60.0 Å². The van der Waals surface area contributed by atoms with E-state index in [0.717, 1.165) is 0 Å². The molecule has 0 saturated carbocycles. The second-order valence-electron chi connectivity index (χ2n) is 2.30. The minimum Gasteiger partial charge on any atom is -0.393 e. The Morgan fingerprint density at radius 3 is 2.60 bits per heavy atom. The maximum atomic E-state index is 9.64. The van der Waals surface area contributed by atoms with E-state index in [2.05, 4.69) is 0 Å². The summed E-state index contributed by atoms with van der Waals surface area (Å²) in [5, 5.41) is 17.7. The molecule has 58 valence electrons. The molecule has 0 radical (unpaired) electrons. The number of carbonyl (C=O) groups excluding carboxylic acids is 1. The van der Waals surface area contributed by atoms with Crippen LogP contribution in [-0.2, 0) is 4.79 Å². The Morgan fingerprint density at radius 1 is 1.60 bits per heavy atom. The predicted octanol–water partition coefficient (Wildman–Crippen LogP) is -0.104. The van der Waals surface area contributed by atoms with Gasteiger partial charge in [-0.1, -0.05) is 0 Å². The fourth-order valence-electron chi connectivity index (χ4n) is 0.674. The number of hydrogen-bond acceptors (Lipinski definition) is 3. The molecule has 2 unspecified atom stereocenters. The van der Waals surface area contributed by atoms with Crippen molar-refractivity contribution in [1.29, 1.82) is 0 Å². The van der Waals surface area contributed by atoms with Crippen LogP contribution in [0.5, 0.6) is 0 Å². The lowest BCUT2D eigenvalue weighted by Gasteiger charge is -2.08. The smallest absolute Gasteiger partial charge is 0.120 e. The normalized spacial score (nSPS) is 15.5. The first kappa shape index (κ1) is 9.37. The summed E-state index contributed by atoms with van der Waals surface area (Å²) in [6.45, 7) is 1.59. The molecule has 10 heavy (non-hydrogen) atoms. The summed E-state index contributed by atoms with van der Waals surface area (Å²) in [7, 11) is 0. The Balaban J connectivity index is 3.42. The van der Waals surface area contributed by atoms with Crippen LogP contribution < -0.4 is 0 Å². The van der Waals surface area contributed by atoms with E-state index < -0.39 is 12.2 Å². The Hall–Kier alpha value is -0.630. The molecule has 0 aromatic heterocycles. The average molecular weight is 144 g/mol. The van der Waals surface area contributed by atoms with Crippen molar-refractivity contribution in [3.63, 3.8) is 0 Å². The quantitative estimate of drug-likeness (QED) is 0.541. The van der Waals surface area contributed by atoms with Gasteiger partial charge in [-0.3, -0.25) is 0 Å². The van der Waals surface area contributed by atoms with Crippen LogP contribution >= 0.6 is 0 Å². The largest absolute Gasteiger partial charge is 0.393 e. The molecule has 0 amide bonds. The highest BCUT2D eigenvalue weighted by Gasteiger charge is 2.04. The molecule has 0 aliphatic rings. The van der Waals surface area contributed by atoms with Gasteiger partial charge in [0.1, 0.15) is 5.94 Å². The molecule has 0 aromatic rings. The van der Waals surface area contributed by atoms with Crippen molar-refractivity contribution >= 4 is 5.94 Å². The van der Waals surface area contributed by atoms with Crippen molar-refractivity contribution in [2.45, 2.75) is 32.0 Å². The van der Waals surface area contributed by atoms with Gasteiger partial charge < -0.3 is 10.2 Å². The number of aliphatic hydroxyl groups excluding tert-OH is 2. The lowest BCUT2D eigenvalue weighted by Crippen LogP contribution is -2.13. The molecule has 0 rings (SSSR count). The summed E-state index contributed by atoms with van der Waals surface area (Å²) in [6, 6.07) is 0. The van der Waals surface area contributed by atoms with E-state index in [1.807, 2.05) is 0 Å². The average Bonchev–Trinajstić information content (AvgIpc) is 1.82. The highest BCUT2D eigenvalue weighted by atomic mass is 16.3. The van der Waals surface area contributed by atoms with Gasteiger partial charge in [-0.15, -0.1) is 0 Å². The summed E-state index contributed by atoms with van der Waals surface area (Å²) in [4.78, 5) is 9.64. The molecule has 0 bridgehead atoms. The molecule has 0 heterocycles. The number of rotatable bonds is 4. The van der Waals surface area contributed by atoms with E-state index in [1.54, 1.807) is 12.9 Å². The van der Waals surface area contributed by atoms with Gasteiger partial charge in [0, 0.05) is 12.5 Å². The fraction of sp³-hybridized carbons (Fsp3) is 0.714. The molecule has 2 N–H and O–H groups in total. The lowest BCUT2D eigenvalue weighted by atomic mass is 10.1. The monoisotopic (exact) mass is 144 g/mol. The van der Waals surface area contributed by atoms with Crippen LogP contribution in [-0.4, -0.2) is 28.4 Å². The SMILES string of the molecule is CC(O)CC(O)CC=C=O. The summed E-state index contributed by atoms with van der Waals surface area (Å²) in [5.74, 6) is 1.56. The van der Waals surface area contributed by atoms with E-state index in [-0.39, 0.29) is 6.42 Å². The van der Waals surface area contributed by atoms with Crippen LogP contribution in [0.4, 0.5) is 0 Å². The maximum absolute atomic E-state index is 9.64. The van der Waals surface area contributed by atoms with E-state index >= 15 is 0 Å². The van der Waals surface area contributed by atoms with Gasteiger partial charge in [-0.25, -0.2) is 4.79 Å². The lowest BCUT2D eigenvalue weighted by molar-refractivity contribution is 0.0925. The first-order valence-electron chi connectivity index (χ1n) is 3.22. The van der Waals surface area contributed by atoms with Crippen LogP contribution in [0.3, 0.4) is 0 Å². The van der Waals surface area contributed by atoms with E-state index in [1.165, 1.54) is 6.08 Å². The number of aliphatic hydroxyl groups is 2. The topological polar surface area (TPSA) is 57.5 Å². The van der Waals surface area contributed by atoms with Gasteiger partial charge in [0.15, 0.2) is 0 Å². The van der Waals surface area contributed by atoms with Gasteiger partial charge in [-0.2, -0.15) is 0 Å². The highest BCUT2D eigenvalue weighted by molar-refractivity contribution is 5.44. The predicted molar refractivity (Wildman–Crippen MR) is 37.2 cm³/mol. The third kappa shape index (κ3) is 5.51. The van der Waals surface area contributed by atoms with E-state index in [9.17, 15) is 4.79 Å². The Morgan fingerprint density at radius 2 is 2.20 bits per heavy atom. The van der Waals surface area contributed by atoms with Crippen molar-refractivity contribution in [1.82, 2.24) is 0 Å². The van der Waals surface area contributed by atoms with Crippen LogP contribution in [0.25, 0.3) is 0 Å². The van der Waals surface area contributed by atoms with Gasteiger partial charge in [-0.05, 0) is 13.3 Å². The first-order chi connectivity index (χ1) is 4.66. The summed E-state index contributed by atoms with van der Waals surface area (Å²) in [6.07, 6.45) is 0.649. The minimum absolute atomic E-state index is 0.272. The van der Waals surface area contributed by atoms with Crippen LogP contribution in [0.1, 0.15) is 19.8 Å². The fourth-order valence-corrected chi connectivity index (χ4v) is 0.674. The standard InChI is InChI=1S/C7H12O3/c1-6(9)5-7(10)3-2-4-8/h2,6-7,9-10H,3,5H2,1H3. The molecular formula is C7H12O3. The molecular weight excluding hydrogens is 132 g/mol.